The molecule has 0 spiro atoms. The monoisotopic (exact) mass is 283 g/mol. The van der Waals surface area contributed by atoms with E-state index >= 15 is 0 Å². The van der Waals surface area contributed by atoms with Crippen LogP contribution in [0.15, 0.2) is 4.52 Å². The van der Waals surface area contributed by atoms with E-state index in [1.165, 1.54) is 0 Å². The van der Waals surface area contributed by atoms with Gasteiger partial charge in [-0.15, -0.1) is 0 Å². The molecule has 0 fully saturated rings. The Morgan fingerprint density at radius 3 is 2.40 bits per heavy atom. The second-order valence-electron chi connectivity index (χ2n) is 5.47. The van der Waals surface area contributed by atoms with Crippen LogP contribution in [0, 0.1) is 5.92 Å². The number of rotatable bonds is 9. The predicted octanol–water partition coefficient (Wildman–Crippen LogP) is 3.29. The number of hydrogen-bond acceptors (Lipinski definition) is 5. The third-order valence-electron chi connectivity index (χ3n) is 3.55. The lowest BCUT2D eigenvalue weighted by molar-refractivity contribution is 0.0217. The predicted molar refractivity (Wildman–Crippen MR) is 79.7 cm³/mol. The van der Waals surface area contributed by atoms with Gasteiger partial charge in [0.2, 0.25) is 11.7 Å². The van der Waals surface area contributed by atoms with E-state index in [0.29, 0.717) is 30.3 Å². The van der Waals surface area contributed by atoms with Crippen molar-refractivity contribution in [1.82, 2.24) is 15.5 Å². The molecule has 0 aliphatic carbocycles. The zero-order valence-corrected chi connectivity index (χ0v) is 13.6. The number of aromatic nitrogens is 2. The van der Waals surface area contributed by atoms with Gasteiger partial charge < -0.3 is 14.6 Å². The van der Waals surface area contributed by atoms with Crippen molar-refractivity contribution >= 4 is 0 Å². The van der Waals surface area contributed by atoms with E-state index < -0.39 is 0 Å². The van der Waals surface area contributed by atoms with Gasteiger partial charge in [0.15, 0.2) is 0 Å². The average molecular weight is 283 g/mol. The molecule has 0 amide bonds. The Labute approximate surface area is 122 Å². The Hall–Kier alpha value is -0.940. The summed E-state index contributed by atoms with van der Waals surface area (Å²) in [7, 11) is 0. The zero-order chi connectivity index (χ0) is 15.1. The molecule has 0 aliphatic rings. The van der Waals surface area contributed by atoms with Crippen molar-refractivity contribution < 1.29 is 9.26 Å². The van der Waals surface area contributed by atoms with Crippen LogP contribution in [0.5, 0.6) is 0 Å². The molecule has 0 saturated heterocycles. The van der Waals surface area contributed by atoms with Gasteiger partial charge in [-0.25, -0.2) is 0 Å². The van der Waals surface area contributed by atoms with Crippen LogP contribution < -0.4 is 5.32 Å². The highest BCUT2D eigenvalue weighted by Gasteiger charge is 2.27. The summed E-state index contributed by atoms with van der Waals surface area (Å²) in [5.41, 5.74) is 0. The molecule has 0 aromatic carbocycles. The molecule has 1 aromatic heterocycles. The maximum absolute atomic E-state index is 5.72. The SMILES string of the molecule is CCNC(C)C(CC)c1nc(C(OCC)C(C)C)no1. The fraction of sp³-hybridized carbons (Fsp3) is 0.867. The van der Waals surface area contributed by atoms with Crippen LogP contribution in [-0.4, -0.2) is 29.3 Å². The molecule has 0 bridgehead atoms. The van der Waals surface area contributed by atoms with Crippen LogP contribution in [0.1, 0.15) is 71.7 Å². The van der Waals surface area contributed by atoms with Gasteiger partial charge in [-0.2, -0.15) is 4.98 Å². The van der Waals surface area contributed by atoms with E-state index in [1.54, 1.807) is 0 Å². The van der Waals surface area contributed by atoms with Crippen molar-refractivity contribution in [3.63, 3.8) is 0 Å². The number of nitrogens with zero attached hydrogens (tertiary/aromatic N) is 2. The highest BCUT2D eigenvalue weighted by molar-refractivity contribution is 5.00. The smallest absolute Gasteiger partial charge is 0.231 e. The maximum atomic E-state index is 5.72. The molecule has 5 nitrogen and oxygen atoms in total. The third kappa shape index (κ3) is 4.28. The van der Waals surface area contributed by atoms with Gasteiger partial charge in [-0.3, -0.25) is 0 Å². The van der Waals surface area contributed by atoms with Crippen LogP contribution in [-0.2, 0) is 4.74 Å². The van der Waals surface area contributed by atoms with Crippen LogP contribution in [0.3, 0.4) is 0 Å². The summed E-state index contributed by atoms with van der Waals surface area (Å²) in [6.45, 7) is 14.2. The summed E-state index contributed by atoms with van der Waals surface area (Å²) in [6, 6.07) is 0.322. The first kappa shape index (κ1) is 17.1. The number of nitrogens with one attached hydrogen (secondary N) is 1. The van der Waals surface area contributed by atoms with E-state index in [9.17, 15) is 0 Å². The molecule has 1 heterocycles. The zero-order valence-electron chi connectivity index (χ0n) is 13.6. The normalized spacial score (nSPS) is 16.4. The van der Waals surface area contributed by atoms with E-state index in [1.807, 2.05) is 6.92 Å². The molecule has 0 aliphatic heterocycles. The molecule has 1 rings (SSSR count). The molecule has 20 heavy (non-hydrogen) atoms. The first-order chi connectivity index (χ1) is 9.54. The van der Waals surface area contributed by atoms with E-state index in [-0.39, 0.29) is 12.0 Å². The van der Waals surface area contributed by atoms with E-state index in [2.05, 4.69) is 50.1 Å². The Kier molecular flexibility index (Phi) is 7.16. The van der Waals surface area contributed by atoms with Crippen LogP contribution in [0.4, 0.5) is 0 Å². The third-order valence-corrected chi connectivity index (χ3v) is 3.55. The average Bonchev–Trinajstić information content (AvgIpc) is 2.86. The lowest BCUT2D eigenvalue weighted by Crippen LogP contribution is -2.32. The number of hydrogen-bond donors (Lipinski definition) is 1. The Morgan fingerprint density at radius 1 is 1.20 bits per heavy atom. The van der Waals surface area contributed by atoms with Gasteiger partial charge in [0.05, 0.1) is 5.92 Å². The first-order valence-electron chi connectivity index (χ1n) is 7.73. The molecule has 3 unspecified atom stereocenters. The molecular formula is C15H29N3O2. The Bertz CT molecular complexity index is 379. The molecule has 1 N–H and O–H groups in total. The van der Waals surface area contributed by atoms with Crippen molar-refractivity contribution in [3.8, 4) is 0 Å². The van der Waals surface area contributed by atoms with Crippen LogP contribution in [0.2, 0.25) is 0 Å². The lowest BCUT2D eigenvalue weighted by atomic mass is 9.98. The minimum Gasteiger partial charge on any atom is -0.370 e. The number of likely N-dealkylation sites (N-methyl/N-ethyl adjacent to an activating group) is 1. The van der Waals surface area contributed by atoms with Crippen molar-refractivity contribution in [3.05, 3.63) is 11.7 Å². The minimum atomic E-state index is -0.0931. The largest absolute Gasteiger partial charge is 0.370 e. The molecule has 5 heteroatoms. The van der Waals surface area contributed by atoms with E-state index in [0.717, 1.165) is 13.0 Å². The summed E-state index contributed by atoms with van der Waals surface area (Å²) in [6.07, 6.45) is 0.876. The first-order valence-corrected chi connectivity index (χ1v) is 7.73. The van der Waals surface area contributed by atoms with Crippen molar-refractivity contribution in [2.75, 3.05) is 13.2 Å². The fourth-order valence-electron chi connectivity index (χ4n) is 2.46. The summed E-state index contributed by atoms with van der Waals surface area (Å²) in [4.78, 5) is 4.58. The summed E-state index contributed by atoms with van der Waals surface area (Å²) in [5, 5.41) is 7.55. The summed E-state index contributed by atoms with van der Waals surface area (Å²) < 4.78 is 11.2. The van der Waals surface area contributed by atoms with Gasteiger partial charge in [0.25, 0.3) is 0 Å². The van der Waals surface area contributed by atoms with Crippen molar-refractivity contribution in [2.45, 2.75) is 66.0 Å². The standard InChI is InChI=1S/C15H29N3O2/c1-7-12(11(6)16-8-2)15-17-14(18-20-15)13(10(4)5)19-9-3/h10-13,16H,7-9H2,1-6H3. The van der Waals surface area contributed by atoms with E-state index in [4.69, 9.17) is 9.26 Å². The molecule has 116 valence electrons. The van der Waals surface area contributed by atoms with Crippen molar-refractivity contribution in [1.29, 1.82) is 0 Å². The molecule has 0 saturated carbocycles. The second kappa shape index (κ2) is 8.37. The van der Waals surface area contributed by atoms with Crippen LogP contribution in [0.25, 0.3) is 0 Å². The van der Waals surface area contributed by atoms with Gasteiger partial charge in [0.1, 0.15) is 6.10 Å². The molecular weight excluding hydrogens is 254 g/mol. The second-order valence-corrected chi connectivity index (χ2v) is 5.47. The highest BCUT2D eigenvalue weighted by atomic mass is 16.5. The van der Waals surface area contributed by atoms with Gasteiger partial charge in [0, 0.05) is 12.6 Å². The Balaban J connectivity index is 2.88. The Morgan fingerprint density at radius 2 is 1.90 bits per heavy atom. The highest BCUT2D eigenvalue weighted by Crippen LogP contribution is 2.27. The van der Waals surface area contributed by atoms with Gasteiger partial charge in [-0.05, 0) is 32.7 Å². The van der Waals surface area contributed by atoms with Crippen molar-refractivity contribution in [2.24, 2.45) is 5.92 Å². The van der Waals surface area contributed by atoms with Crippen LogP contribution >= 0.6 is 0 Å². The lowest BCUT2D eigenvalue weighted by Gasteiger charge is -2.20. The maximum Gasteiger partial charge on any atom is 0.231 e. The van der Waals surface area contributed by atoms with Gasteiger partial charge >= 0.3 is 0 Å². The summed E-state index contributed by atoms with van der Waals surface area (Å²) in [5.74, 6) is 1.94. The topological polar surface area (TPSA) is 60.2 Å². The molecule has 3 atom stereocenters. The summed E-state index contributed by atoms with van der Waals surface area (Å²) >= 11 is 0. The quantitative estimate of drug-likeness (QED) is 0.753. The van der Waals surface area contributed by atoms with Gasteiger partial charge in [-0.1, -0.05) is 32.9 Å². The number of ether oxygens (including phenoxy) is 1. The fourth-order valence-corrected chi connectivity index (χ4v) is 2.46. The molecule has 1 aromatic rings. The minimum absolute atomic E-state index is 0.0931. The molecule has 0 radical (unpaired) electrons.